The lowest BCUT2D eigenvalue weighted by atomic mass is 10.1. The summed E-state index contributed by atoms with van der Waals surface area (Å²) in [5.41, 5.74) is 1.51. The van der Waals surface area contributed by atoms with Crippen molar-refractivity contribution in [1.29, 1.82) is 0 Å². The minimum atomic E-state index is 0.726. The molecule has 16 heavy (non-hydrogen) atoms. The Morgan fingerprint density at radius 3 is 2.62 bits per heavy atom. The summed E-state index contributed by atoms with van der Waals surface area (Å²) in [6.45, 7) is 4.55. The van der Waals surface area contributed by atoms with Crippen molar-refractivity contribution < 1.29 is 0 Å². The van der Waals surface area contributed by atoms with Gasteiger partial charge in [0.25, 0.3) is 0 Å². The van der Waals surface area contributed by atoms with Crippen molar-refractivity contribution in [3.05, 3.63) is 35.9 Å². The van der Waals surface area contributed by atoms with Crippen molar-refractivity contribution >= 4 is 0 Å². The summed E-state index contributed by atoms with van der Waals surface area (Å²) in [6, 6.07) is 12.4. The highest BCUT2D eigenvalue weighted by molar-refractivity contribution is 5.27. The van der Waals surface area contributed by atoms with Gasteiger partial charge in [0.1, 0.15) is 0 Å². The monoisotopic (exact) mass is 217 g/mol. The minimum absolute atomic E-state index is 0.726. The molecule has 0 radical (unpaired) electrons. The van der Waals surface area contributed by atoms with Crippen molar-refractivity contribution in [3.8, 4) is 0 Å². The van der Waals surface area contributed by atoms with E-state index in [4.69, 9.17) is 0 Å². The van der Waals surface area contributed by atoms with Crippen molar-refractivity contribution in [2.75, 3.05) is 0 Å². The van der Waals surface area contributed by atoms with Gasteiger partial charge in [-0.2, -0.15) is 0 Å². The maximum Gasteiger partial charge on any atom is 0.0145 e. The maximum atomic E-state index is 3.79. The van der Waals surface area contributed by atoms with E-state index in [0.29, 0.717) is 0 Å². The Morgan fingerprint density at radius 1 is 1.25 bits per heavy atom. The molecule has 1 aromatic carbocycles. The molecular formula is C15H23N. The van der Waals surface area contributed by atoms with Crippen LogP contribution in [0, 0.1) is 0 Å². The lowest BCUT2D eigenvalue weighted by molar-refractivity contribution is 0.457. The normalized spacial score (nSPS) is 25.4. The van der Waals surface area contributed by atoms with Crippen LogP contribution < -0.4 is 5.32 Å². The summed E-state index contributed by atoms with van der Waals surface area (Å²) in [4.78, 5) is 0. The Kier molecular flexibility index (Phi) is 4.00. The van der Waals surface area contributed by atoms with E-state index >= 15 is 0 Å². The average molecular weight is 217 g/mol. The molecule has 3 unspecified atom stereocenters. The van der Waals surface area contributed by atoms with Gasteiger partial charge in [0.05, 0.1) is 0 Å². The molecule has 1 fully saturated rings. The predicted octanol–water partition coefficient (Wildman–Crippen LogP) is 3.71. The molecule has 1 saturated carbocycles. The zero-order valence-electron chi connectivity index (χ0n) is 10.4. The van der Waals surface area contributed by atoms with Gasteiger partial charge in [0.15, 0.2) is 0 Å². The van der Waals surface area contributed by atoms with E-state index in [1.54, 1.807) is 0 Å². The van der Waals surface area contributed by atoms with Crippen LogP contribution in [0.1, 0.15) is 51.0 Å². The number of benzene rings is 1. The third-order valence-electron chi connectivity index (χ3n) is 3.60. The van der Waals surface area contributed by atoms with Crippen LogP contribution >= 0.6 is 0 Å². The Balaban J connectivity index is 1.83. The Labute approximate surface area is 99.3 Å². The van der Waals surface area contributed by atoms with Crippen molar-refractivity contribution in [1.82, 2.24) is 5.32 Å². The summed E-state index contributed by atoms with van der Waals surface area (Å²) in [7, 11) is 0. The third-order valence-corrected chi connectivity index (χ3v) is 3.60. The molecule has 2 rings (SSSR count). The Morgan fingerprint density at radius 2 is 2.00 bits per heavy atom. The molecule has 1 N–H and O–H groups in total. The summed E-state index contributed by atoms with van der Waals surface area (Å²) in [6.07, 6.45) is 5.18. The molecule has 0 saturated heterocycles. The smallest absolute Gasteiger partial charge is 0.0145 e. The van der Waals surface area contributed by atoms with Crippen LogP contribution in [0.3, 0.4) is 0 Å². The van der Waals surface area contributed by atoms with Crippen LogP contribution in [0.2, 0.25) is 0 Å². The zero-order valence-corrected chi connectivity index (χ0v) is 10.4. The largest absolute Gasteiger partial charge is 0.311 e. The lowest BCUT2D eigenvalue weighted by Crippen LogP contribution is -2.30. The van der Waals surface area contributed by atoms with Gasteiger partial charge >= 0.3 is 0 Å². The van der Waals surface area contributed by atoms with E-state index in [1.165, 1.54) is 31.2 Å². The van der Waals surface area contributed by atoms with E-state index in [2.05, 4.69) is 49.5 Å². The lowest BCUT2D eigenvalue weighted by Gasteiger charge is -2.15. The van der Waals surface area contributed by atoms with Gasteiger partial charge in [-0.3, -0.25) is 0 Å². The molecule has 0 spiro atoms. The van der Waals surface area contributed by atoms with Crippen LogP contribution in [0.15, 0.2) is 30.3 Å². The first-order chi connectivity index (χ1) is 7.85. The van der Waals surface area contributed by atoms with Crippen molar-refractivity contribution in [2.45, 2.75) is 57.5 Å². The fraction of sp³-hybridized carbons (Fsp3) is 0.600. The van der Waals surface area contributed by atoms with Crippen molar-refractivity contribution in [3.63, 3.8) is 0 Å². The second kappa shape index (κ2) is 5.49. The molecule has 0 aromatic heterocycles. The van der Waals surface area contributed by atoms with Gasteiger partial charge in [-0.1, -0.05) is 50.6 Å². The first kappa shape index (κ1) is 11.7. The van der Waals surface area contributed by atoms with Gasteiger partial charge in [0, 0.05) is 18.0 Å². The van der Waals surface area contributed by atoms with Crippen LogP contribution in [0.4, 0.5) is 0 Å². The molecule has 0 aliphatic heterocycles. The van der Waals surface area contributed by atoms with Gasteiger partial charge in [0.2, 0.25) is 0 Å². The third kappa shape index (κ3) is 2.85. The number of hydrogen-bond donors (Lipinski definition) is 1. The molecule has 1 heteroatoms. The van der Waals surface area contributed by atoms with E-state index in [0.717, 1.165) is 18.0 Å². The topological polar surface area (TPSA) is 12.0 Å². The molecule has 1 aromatic rings. The SMILES string of the molecule is CCCC(CC)NC1CC1c1ccccc1. The highest BCUT2D eigenvalue weighted by atomic mass is 15.0. The summed E-state index contributed by atoms with van der Waals surface area (Å²) in [5, 5.41) is 3.79. The molecule has 88 valence electrons. The first-order valence-electron chi connectivity index (χ1n) is 6.66. The van der Waals surface area contributed by atoms with Crippen LogP contribution in [-0.4, -0.2) is 12.1 Å². The first-order valence-corrected chi connectivity index (χ1v) is 6.66. The standard InChI is InChI=1S/C15H23N/c1-3-8-13(4-2)16-15-11-14(15)12-9-6-5-7-10-12/h5-7,9-10,13-16H,3-4,8,11H2,1-2H3. The zero-order chi connectivity index (χ0) is 11.4. The molecular weight excluding hydrogens is 194 g/mol. The van der Waals surface area contributed by atoms with Crippen LogP contribution in [0.5, 0.6) is 0 Å². The fourth-order valence-electron chi connectivity index (χ4n) is 2.50. The summed E-state index contributed by atoms with van der Waals surface area (Å²) in [5.74, 6) is 0.770. The van der Waals surface area contributed by atoms with Crippen LogP contribution in [-0.2, 0) is 0 Å². The molecule has 0 amide bonds. The molecule has 1 aliphatic carbocycles. The van der Waals surface area contributed by atoms with Crippen LogP contribution in [0.25, 0.3) is 0 Å². The second-order valence-corrected chi connectivity index (χ2v) is 4.92. The van der Waals surface area contributed by atoms with E-state index < -0.39 is 0 Å². The fourth-order valence-corrected chi connectivity index (χ4v) is 2.50. The minimum Gasteiger partial charge on any atom is -0.311 e. The molecule has 3 atom stereocenters. The number of hydrogen-bond acceptors (Lipinski definition) is 1. The molecule has 1 nitrogen and oxygen atoms in total. The Hall–Kier alpha value is -0.820. The highest BCUT2D eigenvalue weighted by Crippen LogP contribution is 2.41. The highest BCUT2D eigenvalue weighted by Gasteiger charge is 2.38. The van der Waals surface area contributed by atoms with Gasteiger partial charge in [-0.25, -0.2) is 0 Å². The van der Waals surface area contributed by atoms with Gasteiger partial charge in [-0.05, 0) is 24.8 Å². The van der Waals surface area contributed by atoms with Gasteiger partial charge < -0.3 is 5.32 Å². The maximum absolute atomic E-state index is 3.79. The summed E-state index contributed by atoms with van der Waals surface area (Å²) >= 11 is 0. The number of nitrogens with one attached hydrogen (secondary N) is 1. The van der Waals surface area contributed by atoms with Crippen molar-refractivity contribution in [2.24, 2.45) is 0 Å². The second-order valence-electron chi connectivity index (χ2n) is 4.92. The van der Waals surface area contributed by atoms with E-state index in [9.17, 15) is 0 Å². The summed E-state index contributed by atoms with van der Waals surface area (Å²) < 4.78 is 0. The quantitative estimate of drug-likeness (QED) is 0.766. The van der Waals surface area contributed by atoms with E-state index in [-0.39, 0.29) is 0 Å². The predicted molar refractivity (Wildman–Crippen MR) is 69.7 cm³/mol. The Bertz CT molecular complexity index is 306. The molecule has 0 heterocycles. The number of rotatable bonds is 6. The van der Waals surface area contributed by atoms with Gasteiger partial charge in [-0.15, -0.1) is 0 Å². The molecule has 0 bridgehead atoms. The van der Waals surface area contributed by atoms with E-state index in [1.807, 2.05) is 0 Å². The average Bonchev–Trinajstić information content (AvgIpc) is 3.09. The molecule has 1 aliphatic rings.